The van der Waals surface area contributed by atoms with E-state index in [-0.39, 0.29) is 47.1 Å². The quantitative estimate of drug-likeness (QED) is 0.486. The van der Waals surface area contributed by atoms with E-state index in [1.165, 1.54) is 0 Å². The molecule has 8 heteroatoms. The van der Waals surface area contributed by atoms with Crippen molar-refractivity contribution in [2.75, 3.05) is 5.43 Å². The minimum absolute atomic E-state index is 0. The van der Waals surface area contributed by atoms with Gasteiger partial charge in [-0.2, -0.15) is 20.7 Å². The summed E-state index contributed by atoms with van der Waals surface area (Å²) in [5.74, 6) is -0.0289. The SMILES string of the molecule is C[C@@H]1CC(=O)NN=C1c1ccc(NN=C(C#N)C#N)cc1.[NaH]. The van der Waals surface area contributed by atoms with Gasteiger partial charge in [0.1, 0.15) is 12.1 Å². The summed E-state index contributed by atoms with van der Waals surface area (Å²) >= 11 is 0. The number of benzene rings is 1. The summed E-state index contributed by atoms with van der Waals surface area (Å²) in [6.07, 6.45) is 0.414. The van der Waals surface area contributed by atoms with E-state index >= 15 is 0 Å². The first-order chi connectivity index (χ1) is 10.1. The second kappa shape index (κ2) is 8.30. The number of hydrogen-bond acceptors (Lipinski definition) is 6. The van der Waals surface area contributed by atoms with Crippen LogP contribution in [0.15, 0.2) is 34.5 Å². The van der Waals surface area contributed by atoms with Crippen LogP contribution in [0.5, 0.6) is 0 Å². The Bertz CT molecular complexity index is 680. The standard InChI is InChI=1S/C14H12N6O.Na.H/c1-9-6-13(21)19-20-14(9)10-2-4-11(5-3-10)17-18-12(7-15)8-16;;/h2-5,9,17H,6H2,1H3,(H,19,21);;/t9-;;/m1../s1. The summed E-state index contributed by atoms with van der Waals surface area (Å²) in [6, 6.07) is 10.5. The van der Waals surface area contributed by atoms with Gasteiger partial charge in [-0.25, -0.2) is 5.43 Å². The van der Waals surface area contributed by atoms with Crippen molar-refractivity contribution in [2.45, 2.75) is 13.3 Å². The molecule has 0 spiro atoms. The predicted molar refractivity (Wildman–Crippen MR) is 84.3 cm³/mol. The number of nitrogens with zero attached hydrogens (tertiary/aromatic N) is 4. The second-order valence-corrected chi connectivity index (χ2v) is 4.51. The Labute approximate surface area is 150 Å². The van der Waals surface area contributed by atoms with E-state index in [4.69, 9.17) is 10.5 Å². The normalized spacial score (nSPS) is 16.0. The molecule has 0 saturated carbocycles. The molecule has 1 amide bonds. The van der Waals surface area contributed by atoms with Crippen molar-refractivity contribution < 1.29 is 4.79 Å². The molecule has 0 fully saturated rings. The Morgan fingerprint density at radius 1 is 1.36 bits per heavy atom. The zero-order valence-electron chi connectivity index (χ0n) is 11.3. The molecule has 1 aliphatic heterocycles. The maximum atomic E-state index is 11.2. The van der Waals surface area contributed by atoms with E-state index < -0.39 is 0 Å². The van der Waals surface area contributed by atoms with E-state index in [0.29, 0.717) is 12.1 Å². The van der Waals surface area contributed by atoms with E-state index in [0.717, 1.165) is 11.3 Å². The third-order valence-electron chi connectivity index (χ3n) is 2.95. The van der Waals surface area contributed by atoms with Crippen molar-refractivity contribution in [1.82, 2.24) is 5.43 Å². The topological polar surface area (TPSA) is 113 Å². The summed E-state index contributed by atoms with van der Waals surface area (Å²) in [6.45, 7) is 1.94. The van der Waals surface area contributed by atoms with Crippen molar-refractivity contribution in [1.29, 1.82) is 10.5 Å². The average molecular weight is 304 g/mol. The average Bonchev–Trinajstić information content (AvgIpc) is 2.49. The molecule has 0 bridgehead atoms. The first kappa shape index (κ1) is 17.9. The molecule has 1 atom stereocenters. The van der Waals surface area contributed by atoms with Gasteiger partial charge in [0.25, 0.3) is 0 Å². The van der Waals surface area contributed by atoms with Crippen molar-refractivity contribution in [2.24, 2.45) is 16.1 Å². The molecule has 2 N–H and O–H groups in total. The molecule has 0 saturated heterocycles. The summed E-state index contributed by atoms with van der Waals surface area (Å²) in [5, 5.41) is 24.9. The van der Waals surface area contributed by atoms with E-state index in [2.05, 4.69) is 21.1 Å². The molecular formula is C14H13N6NaO. The van der Waals surface area contributed by atoms with Gasteiger partial charge in [-0.3, -0.25) is 10.2 Å². The van der Waals surface area contributed by atoms with Gasteiger partial charge >= 0.3 is 29.6 Å². The number of nitriles is 2. The maximum absolute atomic E-state index is 11.2. The van der Waals surface area contributed by atoms with Crippen LogP contribution < -0.4 is 10.9 Å². The van der Waals surface area contributed by atoms with Crippen molar-refractivity contribution in [3.05, 3.63) is 29.8 Å². The molecule has 0 unspecified atom stereocenters. The fourth-order valence-electron chi connectivity index (χ4n) is 1.91. The molecule has 0 aliphatic carbocycles. The number of anilines is 1. The summed E-state index contributed by atoms with van der Waals surface area (Å²) in [5.41, 5.74) is 7.22. The Balaban J connectivity index is 0.00000242. The number of rotatable bonds is 3. The Morgan fingerprint density at radius 2 is 2.00 bits per heavy atom. The fraction of sp³-hybridized carbons (Fsp3) is 0.214. The van der Waals surface area contributed by atoms with Crippen molar-refractivity contribution >= 4 is 52.6 Å². The van der Waals surface area contributed by atoms with E-state index in [1.54, 1.807) is 24.3 Å². The van der Waals surface area contributed by atoms with Crippen LogP contribution in [0.1, 0.15) is 18.9 Å². The molecule has 22 heavy (non-hydrogen) atoms. The van der Waals surface area contributed by atoms with Crippen LogP contribution in [-0.4, -0.2) is 46.9 Å². The van der Waals surface area contributed by atoms with E-state index in [9.17, 15) is 4.79 Å². The third kappa shape index (κ3) is 4.40. The molecule has 7 nitrogen and oxygen atoms in total. The first-order valence-electron chi connectivity index (χ1n) is 6.24. The third-order valence-corrected chi connectivity index (χ3v) is 2.95. The van der Waals surface area contributed by atoms with Crippen LogP contribution >= 0.6 is 0 Å². The van der Waals surface area contributed by atoms with Gasteiger partial charge in [-0.1, -0.05) is 19.1 Å². The number of hydrazone groups is 2. The summed E-state index contributed by atoms with van der Waals surface area (Å²) in [7, 11) is 0. The minimum atomic E-state index is -0.243. The molecule has 1 aromatic rings. The van der Waals surface area contributed by atoms with Crippen molar-refractivity contribution in [3.8, 4) is 12.1 Å². The van der Waals surface area contributed by atoms with Gasteiger partial charge in [0.2, 0.25) is 11.6 Å². The zero-order chi connectivity index (χ0) is 15.2. The molecule has 1 aliphatic rings. The fourth-order valence-corrected chi connectivity index (χ4v) is 1.91. The molecule has 0 radical (unpaired) electrons. The monoisotopic (exact) mass is 304 g/mol. The predicted octanol–water partition coefficient (Wildman–Crippen LogP) is 0.713. The molecule has 2 rings (SSSR count). The Kier molecular flexibility index (Phi) is 6.74. The van der Waals surface area contributed by atoms with Crippen LogP contribution in [0.3, 0.4) is 0 Å². The summed E-state index contributed by atoms with van der Waals surface area (Å²) in [4.78, 5) is 11.2. The molecule has 1 heterocycles. The van der Waals surface area contributed by atoms with Gasteiger partial charge in [-0.05, 0) is 17.7 Å². The molecule has 0 aromatic heterocycles. The number of carbonyl (C=O) groups excluding carboxylic acids is 1. The van der Waals surface area contributed by atoms with Gasteiger partial charge in [0, 0.05) is 12.3 Å². The van der Waals surface area contributed by atoms with Gasteiger partial charge < -0.3 is 0 Å². The van der Waals surface area contributed by atoms with Crippen LogP contribution in [0, 0.1) is 28.6 Å². The number of carbonyl (C=O) groups is 1. The molecular weight excluding hydrogens is 291 g/mol. The van der Waals surface area contributed by atoms with Crippen LogP contribution in [0.2, 0.25) is 0 Å². The second-order valence-electron chi connectivity index (χ2n) is 4.51. The van der Waals surface area contributed by atoms with Gasteiger partial charge in [-0.15, -0.1) is 0 Å². The molecule has 1 aromatic carbocycles. The van der Waals surface area contributed by atoms with E-state index in [1.807, 2.05) is 19.1 Å². The van der Waals surface area contributed by atoms with Crippen LogP contribution in [0.4, 0.5) is 5.69 Å². The summed E-state index contributed by atoms with van der Waals surface area (Å²) < 4.78 is 0. The van der Waals surface area contributed by atoms with Gasteiger partial charge in [0.05, 0.1) is 11.4 Å². The van der Waals surface area contributed by atoms with Gasteiger partial charge in [0.15, 0.2) is 0 Å². The number of nitrogens with one attached hydrogen (secondary N) is 2. The van der Waals surface area contributed by atoms with Crippen LogP contribution in [0.25, 0.3) is 0 Å². The zero-order valence-corrected chi connectivity index (χ0v) is 11.3. The molecule has 106 valence electrons. The Hall–Kier alpha value is -2.19. The first-order valence-corrected chi connectivity index (χ1v) is 6.24. The van der Waals surface area contributed by atoms with Crippen molar-refractivity contribution in [3.63, 3.8) is 0 Å². The number of amides is 1. The Morgan fingerprint density at radius 3 is 2.55 bits per heavy atom. The number of hydrogen-bond donors (Lipinski definition) is 2. The van der Waals surface area contributed by atoms with Crippen LogP contribution in [-0.2, 0) is 4.79 Å².